The van der Waals surface area contributed by atoms with Gasteiger partial charge in [0, 0.05) is 37.8 Å². The largest absolute Gasteiger partial charge is 0.354 e. The minimum Gasteiger partial charge on any atom is -0.354 e. The summed E-state index contributed by atoms with van der Waals surface area (Å²) in [5, 5.41) is 9.08. The van der Waals surface area contributed by atoms with Gasteiger partial charge in [-0.15, -0.1) is 0 Å². The van der Waals surface area contributed by atoms with Crippen LogP contribution < -0.4 is 10.2 Å². The Labute approximate surface area is 129 Å². The highest BCUT2D eigenvalue weighted by Crippen LogP contribution is 2.18. The van der Waals surface area contributed by atoms with E-state index in [4.69, 9.17) is 4.98 Å². The summed E-state index contributed by atoms with van der Waals surface area (Å²) in [6, 6.07) is 14.6. The first-order valence-electron chi connectivity index (χ1n) is 7.72. The quantitative estimate of drug-likeness (QED) is 0.801. The third-order valence-electron chi connectivity index (χ3n) is 4.03. The number of hydrogen-bond acceptors (Lipinski definition) is 4. The third kappa shape index (κ3) is 2.67. The summed E-state index contributed by atoms with van der Waals surface area (Å²) in [7, 11) is 0. The predicted octanol–water partition coefficient (Wildman–Crippen LogP) is 1.89. The SMILES string of the molecule is c1ccc(Cn2cc3ccc(N4CCNCC4)nc3n2)cc1. The smallest absolute Gasteiger partial charge is 0.183 e. The van der Waals surface area contributed by atoms with Gasteiger partial charge < -0.3 is 10.2 Å². The van der Waals surface area contributed by atoms with Crippen molar-refractivity contribution >= 4 is 16.9 Å². The van der Waals surface area contributed by atoms with E-state index >= 15 is 0 Å². The lowest BCUT2D eigenvalue weighted by molar-refractivity contribution is 0.585. The monoisotopic (exact) mass is 293 g/mol. The van der Waals surface area contributed by atoms with Crippen molar-refractivity contribution in [3.63, 3.8) is 0 Å². The average molecular weight is 293 g/mol. The normalized spacial score (nSPS) is 15.4. The maximum absolute atomic E-state index is 4.73. The van der Waals surface area contributed by atoms with Crippen molar-refractivity contribution in [2.45, 2.75) is 6.54 Å². The molecule has 0 bridgehead atoms. The second-order valence-corrected chi connectivity index (χ2v) is 5.63. The molecule has 4 rings (SSSR count). The molecule has 0 atom stereocenters. The number of nitrogens with one attached hydrogen (secondary N) is 1. The topological polar surface area (TPSA) is 46.0 Å². The van der Waals surface area contributed by atoms with Crippen LogP contribution in [0.25, 0.3) is 11.0 Å². The standard InChI is InChI=1S/C17H19N5/c1-2-4-14(5-3-1)12-22-13-15-6-7-16(19-17(15)20-22)21-10-8-18-9-11-21/h1-7,13,18H,8-12H2. The van der Waals surface area contributed by atoms with Gasteiger partial charge in [0.05, 0.1) is 6.54 Å². The fourth-order valence-electron chi connectivity index (χ4n) is 2.86. The minimum absolute atomic E-state index is 0.778. The van der Waals surface area contributed by atoms with Gasteiger partial charge in [0.15, 0.2) is 5.65 Å². The Kier molecular flexibility index (Phi) is 3.48. The molecule has 0 unspecified atom stereocenters. The van der Waals surface area contributed by atoms with Gasteiger partial charge in [-0.3, -0.25) is 4.68 Å². The van der Waals surface area contributed by atoms with E-state index in [1.54, 1.807) is 0 Å². The number of aromatic nitrogens is 3. The van der Waals surface area contributed by atoms with E-state index in [0.29, 0.717) is 0 Å². The summed E-state index contributed by atoms with van der Waals surface area (Å²) in [4.78, 5) is 7.04. The van der Waals surface area contributed by atoms with Crippen LogP contribution >= 0.6 is 0 Å². The van der Waals surface area contributed by atoms with Gasteiger partial charge in [-0.25, -0.2) is 4.98 Å². The van der Waals surface area contributed by atoms with Crippen molar-refractivity contribution < 1.29 is 0 Å². The fourth-order valence-corrected chi connectivity index (χ4v) is 2.86. The van der Waals surface area contributed by atoms with Crippen LogP contribution in [0.4, 0.5) is 5.82 Å². The van der Waals surface area contributed by atoms with Crippen molar-refractivity contribution in [2.75, 3.05) is 31.1 Å². The van der Waals surface area contributed by atoms with Crippen LogP contribution in [0.3, 0.4) is 0 Å². The van der Waals surface area contributed by atoms with Crippen LogP contribution in [-0.4, -0.2) is 40.9 Å². The molecule has 0 saturated carbocycles. The molecule has 22 heavy (non-hydrogen) atoms. The Balaban J connectivity index is 1.60. The molecule has 1 N–H and O–H groups in total. The molecule has 0 aliphatic carbocycles. The highest BCUT2D eigenvalue weighted by molar-refractivity contribution is 5.76. The summed E-state index contributed by atoms with van der Waals surface area (Å²) >= 11 is 0. The number of fused-ring (bicyclic) bond motifs is 1. The summed E-state index contributed by atoms with van der Waals surface area (Å²) in [5.74, 6) is 1.03. The van der Waals surface area contributed by atoms with Gasteiger partial charge in [-0.2, -0.15) is 5.10 Å². The Hall–Kier alpha value is -2.40. The van der Waals surface area contributed by atoms with E-state index in [1.165, 1.54) is 5.56 Å². The Morgan fingerprint density at radius 2 is 1.82 bits per heavy atom. The maximum Gasteiger partial charge on any atom is 0.183 e. The number of benzene rings is 1. The van der Waals surface area contributed by atoms with Crippen LogP contribution in [-0.2, 0) is 6.54 Å². The van der Waals surface area contributed by atoms with Gasteiger partial charge >= 0.3 is 0 Å². The highest BCUT2D eigenvalue weighted by Gasteiger charge is 2.13. The van der Waals surface area contributed by atoms with Crippen LogP contribution in [0.2, 0.25) is 0 Å². The molecule has 1 aromatic carbocycles. The molecule has 1 saturated heterocycles. The van der Waals surface area contributed by atoms with E-state index in [2.05, 4.69) is 57.9 Å². The van der Waals surface area contributed by atoms with E-state index < -0.39 is 0 Å². The van der Waals surface area contributed by atoms with Gasteiger partial charge in [-0.1, -0.05) is 30.3 Å². The molecule has 0 radical (unpaired) electrons. The molecule has 112 valence electrons. The van der Waals surface area contributed by atoms with E-state index in [-0.39, 0.29) is 0 Å². The van der Waals surface area contributed by atoms with Crippen molar-refractivity contribution in [3.05, 3.63) is 54.2 Å². The number of anilines is 1. The van der Waals surface area contributed by atoms with Crippen LogP contribution in [0.5, 0.6) is 0 Å². The lowest BCUT2D eigenvalue weighted by atomic mass is 10.2. The second-order valence-electron chi connectivity index (χ2n) is 5.63. The molecule has 1 fully saturated rings. The summed E-state index contributed by atoms with van der Waals surface area (Å²) in [6.45, 7) is 4.82. The molecule has 3 heterocycles. The minimum atomic E-state index is 0.778. The number of nitrogens with zero attached hydrogens (tertiary/aromatic N) is 4. The molecule has 5 heteroatoms. The fraction of sp³-hybridized carbons (Fsp3) is 0.294. The van der Waals surface area contributed by atoms with Crippen LogP contribution in [0, 0.1) is 0 Å². The van der Waals surface area contributed by atoms with E-state index in [1.807, 2.05) is 10.7 Å². The van der Waals surface area contributed by atoms with Crippen LogP contribution in [0.15, 0.2) is 48.7 Å². The number of pyridine rings is 1. The molecule has 1 aliphatic heterocycles. The Morgan fingerprint density at radius 1 is 1.00 bits per heavy atom. The number of rotatable bonds is 3. The van der Waals surface area contributed by atoms with Crippen molar-refractivity contribution in [1.82, 2.24) is 20.1 Å². The molecule has 3 aromatic rings. The van der Waals surface area contributed by atoms with Gasteiger partial charge in [0.2, 0.25) is 0 Å². The molecule has 0 amide bonds. The molecule has 5 nitrogen and oxygen atoms in total. The van der Waals surface area contributed by atoms with Crippen LogP contribution in [0.1, 0.15) is 5.56 Å². The van der Waals surface area contributed by atoms with E-state index in [0.717, 1.165) is 49.6 Å². The summed E-state index contributed by atoms with van der Waals surface area (Å²) in [6.07, 6.45) is 2.07. The number of hydrogen-bond donors (Lipinski definition) is 1. The van der Waals surface area contributed by atoms with Crippen molar-refractivity contribution in [2.24, 2.45) is 0 Å². The van der Waals surface area contributed by atoms with Crippen molar-refractivity contribution in [3.8, 4) is 0 Å². The lowest BCUT2D eigenvalue weighted by Crippen LogP contribution is -2.43. The first-order valence-corrected chi connectivity index (χ1v) is 7.72. The zero-order valence-electron chi connectivity index (χ0n) is 12.4. The molecular formula is C17H19N5. The number of piperazine rings is 1. The molecule has 1 aliphatic rings. The third-order valence-corrected chi connectivity index (χ3v) is 4.03. The highest BCUT2D eigenvalue weighted by atomic mass is 15.3. The van der Waals surface area contributed by atoms with Gasteiger partial charge in [0.25, 0.3) is 0 Å². The lowest BCUT2D eigenvalue weighted by Gasteiger charge is -2.28. The average Bonchev–Trinajstić information content (AvgIpc) is 2.98. The Bertz CT molecular complexity index is 759. The first-order chi connectivity index (χ1) is 10.9. The molecular weight excluding hydrogens is 274 g/mol. The van der Waals surface area contributed by atoms with Crippen molar-refractivity contribution in [1.29, 1.82) is 0 Å². The second kappa shape index (κ2) is 5.77. The first kappa shape index (κ1) is 13.3. The zero-order chi connectivity index (χ0) is 14.8. The Morgan fingerprint density at radius 3 is 2.64 bits per heavy atom. The zero-order valence-corrected chi connectivity index (χ0v) is 12.4. The van der Waals surface area contributed by atoms with Gasteiger partial charge in [0.1, 0.15) is 5.82 Å². The molecule has 0 spiro atoms. The molecule has 2 aromatic heterocycles. The summed E-state index contributed by atoms with van der Waals surface area (Å²) < 4.78 is 1.97. The summed E-state index contributed by atoms with van der Waals surface area (Å²) in [5.41, 5.74) is 2.07. The predicted molar refractivity (Wildman–Crippen MR) is 88.2 cm³/mol. The van der Waals surface area contributed by atoms with E-state index in [9.17, 15) is 0 Å². The maximum atomic E-state index is 4.73. The van der Waals surface area contributed by atoms with Gasteiger partial charge in [-0.05, 0) is 17.7 Å².